The average Bonchev–Trinajstić information content (AvgIpc) is 3.11. The van der Waals surface area contributed by atoms with Crippen molar-refractivity contribution in [3.8, 4) is 22.8 Å². The Morgan fingerprint density at radius 2 is 1.86 bits per heavy atom. The molecule has 152 valence electrons. The Kier molecular flexibility index (Phi) is 7.80. The fraction of sp³-hybridized carbons (Fsp3) is 0.400. The van der Waals surface area contributed by atoms with E-state index in [1.54, 1.807) is 51.1 Å². The summed E-state index contributed by atoms with van der Waals surface area (Å²) < 4.78 is 21.1. The fourth-order valence-electron chi connectivity index (χ4n) is 2.70. The van der Waals surface area contributed by atoms with E-state index in [0.717, 1.165) is 11.3 Å². The Morgan fingerprint density at radius 3 is 2.46 bits per heavy atom. The lowest BCUT2D eigenvalue weighted by Crippen LogP contribution is -2.42. The second-order valence-electron chi connectivity index (χ2n) is 5.98. The van der Waals surface area contributed by atoms with Crippen LogP contribution in [0.3, 0.4) is 0 Å². The molecule has 0 aliphatic heterocycles. The molecule has 0 radical (unpaired) electrons. The topological polar surface area (TPSA) is 87.0 Å². The molecule has 1 amide bonds. The van der Waals surface area contributed by atoms with Crippen LogP contribution in [0.15, 0.2) is 28.7 Å². The summed E-state index contributed by atoms with van der Waals surface area (Å²) in [5, 5.41) is 2.73. The molecule has 1 heterocycles. The van der Waals surface area contributed by atoms with Gasteiger partial charge in [-0.1, -0.05) is 0 Å². The normalized spacial score (nSPS) is 11.6. The molecular formula is C20H25NO6S. The molecule has 0 aliphatic carbocycles. The van der Waals surface area contributed by atoms with Gasteiger partial charge in [0, 0.05) is 5.56 Å². The number of hydrogen-bond acceptors (Lipinski definition) is 7. The van der Waals surface area contributed by atoms with Crippen molar-refractivity contribution in [3.63, 3.8) is 0 Å². The summed E-state index contributed by atoms with van der Waals surface area (Å²) in [6.07, 6.45) is 2.42. The minimum atomic E-state index is -0.705. The van der Waals surface area contributed by atoms with Gasteiger partial charge in [-0.25, -0.2) is 4.79 Å². The second kappa shape index (κ2) is 10.1. The molecule has 7 nitrogen and oxygen atoms in total. The zero-order chi connectivity index (χ0) is 20.7. The Hall–Kier alpha value is -2.61. The number of amides is 1. The largest absolute Gasteiger partial charge is 0.493 e. The number of methoxy groups -OCH3 is 3. The van der Waals surface area contributed by atoms with Gasteiger partial charge in [0.2, 0.25) is 0 Å². The molecule has 1 aromatic carbocycles. The van der Waals surface area contributed by atoms with Crippen LogP contribution in [-0.4, -0.2) is 51.3 Å². The molecule has 0 bridgehead atoms. The van der Waals surface area contributed by atoms with E-state index in [0.29, 0.717) is 35.0 Å². The summed E-state index contributed by atoms with van der Waals surface area (Å²) in [5.41, 5.74) is 1.11. The van der Waals surface area contributed by atoms with Crippen LogP contribution >= 0.6 is 11.8 Å². The van der Waals surface area contributed by atoms with Crippen molar-refractivity contribution in [1.82, 2.24) is 5.32 Å². The quantitative estimate of drug-likeness (QED) is 0.638. The maximum atomic E-state index is 12.7. The van der Waals surface area contributed by atoms with E-state index in [-0.39, 0.29) is 5.91 Å². The van der Waals surface area contributed by atoms with Gasteiger partial charge < -0.3 is 23.9 Å². The number of esters is 1. The molecule has 1 atom stereocenters. The predicted molar refractivity (Wildman–Crippen MR) is 108 cm³/mol. The van der Waals surface area contributed by atoms with Crippen molar-refractivity contribution >= 4 is 23.6 Å². The summed E-state index contributed by atoms with van der Waals surface area (Å²) in [6.45, 7) is 1.70. The van der Waals surface area contributed by atoms with Crippen molar-refractivity contribution in [2.45, 2.75) is 19.4 Å². The highest BCUT2D eigenvalue weighted by Crippen LogP contribution is 2.34. The maximum absolute atomic E-state index is 12.7. The van der Waals surface area contributed by atoms with Crippen LogP contribution < -0.4 is 14.8 Å². The number of hydrogen-bond donors (Lipinski definition) is 1. The molecule has 0 aliphatic rings. The Balaban J connectivity index is 2.25. The molecule has 2 rings (SSSR count). The van der Waals surface area contributed by atoms with Gasteiger partial charge in [0.05, 0.1) is 26.9 Å². The van der Waals surface area contributed by atoms with Gasteiger partial charge in [-0.2, -0.15) is 11.8 Å². The summed E-state index contributed by atoms with van der Waals surface area (Å²) in [7, 11) is 4.42. The van der Waals surface area contributed by atoms with Gasteiger partial charge in [0.25, 0.3) is 5.91 Å². The number of carbonyl (C=O) groups is 2. The second-order valence-corrected chi connectivity index (χ2v) is 6.97. The Morgan fingerprint density at radius 1 is 1.14 bits per heavy atom. The van der Waals surface area contributed by atoms with Crippen LogP contribution in [-0.2, 0) is 9.53 Å². The first-order valence-corrected chi connectivity index (χ1v) is 10.0. The van der Waals surface area contributed by atoms with Crippen LogP contribution in [0.25, 0.3) is 11.3 Å². The van der Waals surface area contributed by atoms with Crippen LogP contribution in [0.1, 0.15) is 22.5 Å². The summed E-state index contributed by atoms with van der Waals surface area (Å²) in [6, 6.07) is 6.30. The Bertz CT molecular complexity index is 832. The number of aryl methyl sites for hydroxylation is 1. The molecule has 28 heavy (non-hydrogen) atoms. The molecule has 0 fully saturated rings. The standard InChI is InChI=1S/C20H25NO6S/c1-12-14(19(22)21-15(8-9-28-5)20(23)26-4)11-17(27-12)13-6-7-16(24-2)18(10-13)25-3/h6-7,10-11,15H,8-9H2,1-5H3,(H,21,22)/t15-/m1/s1. The van der Waals surface area contributed by atoms with Crippen LogP contribution in [0.5, 0.6) is 11.5 Å². The summed E-state index contributed by atoms with van der Waals surface area (Å²) in [5.74, 6) is 2.00. The molecule has 0 unspecified atom stereocenters. The monoisotopic (exact) mass is 407 g/mol. The highest BCUT2D eigenvalue weighted by Gasteiger charge is 2.24. The molecule has 2 aromatic rings. The SMILES string of the molecule is COC(=O)[C@@H](CCSC)NC(=O)c1cc(-c2ccc(OC)c(OC)c2)oc1C. The number of carbonyl (C=O) groups excluding carboxylic acids is 2. The van der Waals surface area contributed by atoms with E-state index in [1.807, 2.05) is 12.3 Å². The molecule has 0 saturated carbocycles. The first-order chi connectivity index (χ1) is 13.4. The maximum Gasteiger partial charge on any atom is 0.328 e. The van der Waals surface area contributed by atoms with Crippen LogP contribution in [0.4, 0.5) is 0 Å². The zero-order valence-corrected chi connectivity index (χ0v) is 17.5. The first-order valence-electron chi connectivity index (χ1n) is 8.65. The smallest absolute Gasteiger partial charge is 0.328 e. The summed E-state index contributed by atoms with van der Waals surface area (Å²) >= 11 is 1.59. The van der Waals surface area contributed by atoms with Gasteiger partial charge in [0.1, 0.15) is 17.6 Å². The van der Waals surface area contributed by atoms with Crippen molar-refractivity contribution < 1.29 is 28.2 Å². The Labute approximate surface area is 168 Å². The van der Waals surface area contributed by atoms with E-state index < -0.39 is 12.0 Å². The molecule has 0 spiro atoms. The summed E-state index contributed by atoms with van der Waals surface area (Å²) in [4.78, 5) is 24.6. The number of thioether (sulfide) groups is 1. The van der Waals surface area contributed by atoms with E-state index >= 15 is 0 Å². The number of furan rings is 1. The zero-order valence-electron chi connectivity index (χ0n) is 16.7. The highest BCUT2D eigenvalue weighted by molar-refractivity contribution is 7.98. The van der Waals surface area contributed by atoms with Crippen molar-refractivity contribution in [2.75, 3.05) is 33.3 Å². The van der Waals surface area contributed by atoms with E-state index in [9.17, 15) is 9.59 Å². The predicted octanol–water partition coefficient (Wildman–Crippen LogP) is 3.30. The lowest BCUT2D eigenvalue weighted by atomic mass is 10.1. The van der Waals surface area contributed by atoms with Crippen LogP contribution in [0.2, 0.25) is 0 Å². The average molecular weight is 407 g/mol. The van der Waals surface area contributed by atoms with Gasteiger partial charge >= 0.3 is 5.97 Å². The van der Waals surface area contributed by atoms with E-state index in [2.05, 4.69) is 5.32 Å². The van der Waals surface area contributed by atoms with Gasteiger partial charge in [-0.05, 0) is 49.6 Å². The number of benzene rings is 1. The van der Waals surface area contributed by atoms with Crippen LogP contribution in [0, 0.1) is 6.92 Å². The number of nitrogens with one attached hydrogen (secondary N) is 1. The minimum absolute atomic E-state index is 0.364. The highest BCUT2D eigenvalue weighted by atomic mass is 32.2. The molecule has 8 heteroatoms. The molecule has 0 saturated heterocycles. The third-order valence-corrected chi connectivity index (χ3v) is 4.88. The van der Waals surface area contributed by atoms with Gasteiger partial charge in [0.15, 0.2) is 11.5 Å². The fourth-order valence-corrected chi connectivity index (χ4v) is 3.17. The molecule has 1 N–H and O–H groups in total. The van der Waals surface area contributed by atoms with Crippen molar-refractivity contribution in [3.05, 3.63) is 35.6 Å². The molecular weight excluding hydrogens is 382 g/mol. The third-order valence-electron chi connectivity index (χ3n) is 4.23. The third kappa shape index (κ3) is 5.01. The lowest BCUT2D eigenvalue weighted by Gasteiger charge is -2.15. The van der Waals surface area contributed by atoms with Crippen molar-refractivity contribution in [2.24, 2.45) is 0 Å². The van der Waals surface area contributed by atoms with Gasteiger partial charge in [-0.3, -0.25) is 4.79 Å². The molecule has 1 aromatic heterocycles. The van der Waals surface area contributed by atoms with Gasteiger partial charge in [-0.15, -0.1) is 0 Å². The lowest BCUT2D eigenvalue weighted by molar-refractivity contribution is -0.142. The first kappa shape index (κ1) is 21.7. The van der Waals surface area contributed by atoms with E-state index in [4.69, 9.17) is 18.6 Å². The minimum Gasteiger partial charge on any atom is -0.493 e. The number of ether oxygens (including phenoxy) is 3. The van der Waals surface area contributed by atoms with E-state index in [1.165, 1.54) is 7.11 Å². The number of rotatable bonds is 9. The van der Waals surface area contributed by atoms with Crippen molar-refractivity contribution in [1.29, 1.82) is 0 Å².